The topological polar surface area (TPSA) is 89.0 Å². The van der Waals surface area contributed by atoms with Crippen molar-refractivity contribution in [1.29, 1.82) is 0 Å². The molecule has 1 aliphatic rings. The van der Waals surface area contributed by atoms with Crippen LogP contribution in [0.2, 0.25) is 0 Å². The molecule has 0 saturated carbocycles. The van der Waals surface area contributed by atoms with Crippen LogP contribution in [0.3, 0.4) is 0 Å². The maximum atomic E-state index is 12.1. The van der Waals surface area contributed by atoms with Gasteiger partial charge in [-0.05, 0) is 27.2 Å². The van der Waals surface area contributed by atoms with E-state index in [9.17, 15) is 9.59 Å². The summed E-state index contributed by atoms with van der Waals surface area (Å²) in [6, 6.07) is 1.41. The van der Waals surface area contributed by atoms with Gasteiger partial charge in [-0.1, -0.05) is 0 Å². The fourth-order valence-electron chi connectivity index (χ4n) is 2.28. The number of aromatic carboxylic acids is 1. The summed E-state index contributed by atoms with van der Waals surface area (Å²) >= 11 is 0. The molecule has 1 aliphatic heterocycles. The Morgan fingerprint density at radius 2 is 2.05 bits per heavy atom. The van der Waals surface area contributed by atoms with Gasteiger partial charge in [0, 0.05) is 18.2 Å². The van der Waals surface area contributed by atoms with Crippen molar-refractivity contribution in [2.45, 2.75) is 39.3 Å². The van der Waals surface area contributed by atoms with Gasteiger partial charge in [0.25, 0.3) is 0 Å². The lowest BCUT2D eigenvalue weighted by molar-refractivity contribution is 0.0220. The predicted molar refractivity (Wildman–Crippen MR) is 78.1 cm³/mol. The summed E-state index contributed by atoms with van der Waals surface area (Å²) in [6.45, 7) is 6.08. The van der Waals surface area contributed by atoms with Crippen LogP contribution in [0.25, 0.3) is 0 Å². The lowest BCUT2D eigenvalue weighted by atomic mass is 10.0. The van der Waals surface area contributed by atoms with Gasteiger partial charge < -0.3 is 19.5 Å². The van der Waals surface area contributed by atoms with Gasteiger partial charge in [0.05, 0.1) is 19.3 Å². The number of nitrogens with zero attached hydrogens (tertiary/aromatic N) is 2. The molecule has 2 heterocycles. The van der Waals surface area contributed by atoms with Gasteiger partial charge >= 0.3 is 12.1 Å². The maximum Gasteiger partial charge on any atom is 0.410 e. The van der Waals surface area contributed by atoms with Crippen LogP contribution in [0.5, 0.6) is 5.75 Å². The van der Waals surface area contributed by atoms with Crippen LogP contribution in [0, 0.1) is 0 Å². The second-order valence-corrected chi connectivity index (χ2v) is 6.09. The number of ether oxygens (including phenoxy) is 2. The molecule has 0 bridgehead atoms. The first kappa shape index (κ1) is 16.1. The Kier molecular flexibility index (Phi) is 4.25. The Balaban J connectivity index is 2.27. The summed E-state index contributed by atoms with van der Waals surface area (Å²) in [5.74, 6) is -0.637. The molecule has 2 rings (SSSR count). The third-order valence-corrected chi connectivity index (χ3v) is 3.23. The maximum absolute atomic E-state index is 12.1. The highest BCUT2D eigenvalue weighted by molar-refractivity contribution is 5.86. The minimum Gasteiger partial charge on any atom is -0.496 e. The predicted octanol–water partition coefficient (Wildman–Crippen LogP) is 2.08. The Labute approximate surface area is 128 Å². The van der Waals surface area contributed by atoms with Crippen LogP contribution in [0.1, 0.15) is 42.5 Å². The summed E-state index contributed by atoms with van der Waals surface area (Å²) in [6.07, 6.45) is 0.115. The molecule has 0 unspecified atom stereocenters. The molecular weight excluding hydrogens is 288 g/mol. The van der Waals surface area contributed by atoms with Crippen LogP contribution in [0.4, 0.5) is 4.79 Å². The first-order chi connectivity index (χ1) is 10.2. The van der Waals surface area contributed by atoms with E-state index >= 15 is 0 Å². The van der Waals surface area contributed by atoms with Gasteiger partial charge in [0.1, 0.15) is 11.4 Å². The largest absolute Gasteiger partial charge is 0.496 e. The van der Waals surface area contributed by atoms with Gasteiger partial charge in [0.2, 0.25) is 0 Å². The zero-order valence-electron chi connectivity index (χ0n) is 13.2. The van der Waals surface area contributed by atoms with Crippen molar-refractivity contribution in [3.63, 3.8) is 0 Å². The highest BCUT2D eigenvalue weighted by Gasteiger charge is 2.29. The zero-order valence-corrected chi connectivity index (χ0v) is 13.2. The van der Waals surface area contributed by atoms with Crippen LogP contribution in [0.15, 0.2) is 6.07 Å². The molecule has 1 N–H and O–H groups in total. The minimum absolute atomic E-state index is 0.0957. The van der Waals surface area contributed by atoms with Crippen LogP contribution >= 0.6 is 0 Å². The first-order valence-electron chi connectivity index (χ1n) is 6.99. The summed E-state index contributed by atoms with van der Waals surface area (Å²) < 4.78 is 10.6. The van der Waals surface area contributed by atoms with E-state index in [0.717, 1.165) is 5.56 Å². The van der Waals surface area contributed by atoms with Crippen LogP contribution in [-0.2, 0) is 17.7 Å². The van der Waals surface area contributed by atoms with Crippen LogP contribution < -0.4 is 4.74 Å². The normalized spacial score (nSPS) is 14.3. The number of pyridine rings is 1. The van der Waals surface area contributed by atoms with E-state index in [1.165, 1.54) is 18.1 Å². The van der Waals surface area contributed by atoms with Crippen molar-refractivity contribution in [3.8, 4) is 5.75 Å². The summed E-state index contributed by atoms with van der Waals surface area (Å²) in [7, 11) is 1.49. The fourth-order valence-corrected chi connectivity index (χ4v) is 2.28. The number of fused-ring (bicyclic) bond motifs is 1. The second-order valence-electron chi connectivity index (χ2n) is 6.09. The lowest BCUT2D eigenvalue weighted by Gasteiger charge is -2.31. The van der Waals surface area contributed by atoms with Gasteiger partial charge in [-0.25, -0.2) is 14.6 Å². The number of rotatable bonds is 2. The third-order valence-electron chi connectivity index (χ3n) is 3.23. The molecule has 0 fully saturated rings. The second kappa shape index (κ2) is 5.82. The SMILES string of the molecule is COc1cc(C(=O)O)nc2c1CCN(C(=O)OC(C)(C)C)C2. The standard InChI is InChI=1S/C15H20N2O5/c1-15(2,3)22-14(20)17-6-5-9-11(8-17)16-10(13(18)19)7-12(9)21-4/h7H,5-6,8H2,1-4H3,(H,18,19). The number of carboxylic acids is 1. The molecule has 0 atom stereocenters. The molecule has 22 heavy (non-hydrogen) atoms. The molecule has 0 aliphatic carbocycles. The highest BCUT2D eigenvalue weighted by Crippen LogP contribution is 2.28. The molecule has 7 nitrogen and oxygen atoms in total. The van der Waals surface area contributed by atoms with E-state index in [1.807, 2.05) is 0 Å². The average molecular weight is 308 g/mol. The van der Waals surface area contributed by atoms with Gasteiger partial charge in [-0.3, -0.25) is 0 Å². The summed E-state index contributed by atoms with van der Waals surface area (Å²) in [5.41, 5.74) is 0.702. The van der Waals surface area contributed by atoms with Gasteiger partial charge in [0.15, 0.2) is 5.69 Å². The number of carboxylic acid groups (broad SMARTS) is 1. The number of hydrogen-bond acceptors (Lipinski definition) is 5. The Hall–Kier alpha value is -2.31. The third kappa shape index (κ3) is 3.47. The van der Waals surface area contributed by atoms with Crippen molar-refractivity contribution in [1.82, 2.24) is 9.88 Å². The summed E-state index contributed by atoms with van der Waals surface area (Å²) in [5, 5.41) is 9.11. The highest BCUT2D eigenvalue weighted by atomic mass is 16.6. The Morgan fingerprint density at radius 3 is 2.59 bits per heavy atom. The monoisotopic (exact) mass is 308 g/mol. The Morgan fingerprint density at radius 1 is 1.36 bits per heavy atom. The molecule has 120 valence electrons. The van der Waals surface area contributed by atoms with E-state index in [2.05, 4.69) is 4.98 Å². The van der Waals surface area contributed by atoms with E-state index in [0.29, 0.717) is 24.4 Å². The number of carbonyl (C=O) groups is 2. The Bertz CT molecular complexity index is 607. The summed E-state index contributed by atoms with van der Waals surface area (Å²) in [4.78, 5) is 28.9. The number of aromatic nitrogens is 1. The molecule has 1 amide bonds. The van der Waals surface area contributed by atoms with Crippen LogP contribution in [-0.4, -0.2) is 46.3 Å². The molecule has 0 aromatic carbocycles. The quantitative estimate of drug-likeness (QED) is 0.899. The van der Waals surface area contributed by atoms with Crippen molar-refractivity contribution < 1.29 is 24.2 Å². The van der Waals surface area contributed by atoms with E-state index in [-0.39, 0.29) is 12.2 Å². The van der Waals surface area contributed by atoms with Gasteiger partial charge in [-0.15, -0.1) is 0 Å². The number of methoxy groups -OCH3 is 1. The first-order valence-corrected chi connectivity index (χ1v) is 6.99. The van der Waals surface area contributed by atoms with Crippen molar-refractivity contribution in [3.05, 3.63) is 23.0 Å². The molecule has 7 heteroatoms. The van der Waals surface area contributed by atoms with Gasteiger partial charge in [-0.2, -0.15) is 0 Å². The van der Waals surface area contributed by atoms with Crippen molar-refractivity contribution >= 4 is 12.1 Å². The van der Waals surface area contributed by atoms with E-state index in [1.54, 1.807) is 20.8 Å². The molecular formula is C15H20N2O5. The molecule has 0 radical (unpaired) electrons. The van der Waals surface area contributed by atoms with Crippen molar-refractivity contribution in [2.24, 2.45) is 0 Å². The smallest absolute Gasteiger partial charge is 0.410 e. The molecule has 1 aromatic heterocycles. The lowest BCUT2D eigenvalue weighted by Crippen LogP contribution is -2.40. The number of hydrogen-bond donors (Lipinski definition) is 1. The molecule has 0 spiro atoms. The molecule has 0 saturated heterocycles. The minimum atomic E-state index is -1.13. The fraction of sp³-hybridized carbons (Fsp3) is 0.533. The average Bonchev–Trinajstić information content (AvgIpc) is 2.43. The number of amides is 1. The van der Waals surface area contributed by atoms with Crippen molar-refractivity contribution in [2.75, 3.05) is 13.7 Å². The zero-order chi connectivity index (χ0) is 16.5. The van der Waals surface area contributed by atoms with E-state index < -0.39 is 17.7 Å². The number of carbonyl (C=O) groups excluding carboxylic acids is 1. The van der Waals surface area contributed by atoms with E-state index in [4.69, 9.17) is 14.6 Å². The molecule has 1 aromatic rings.